The van der Waals surface area contributed by atoms with Crippen LogP contribution in [0.5, 0.6) is 0 Å². The first-order chi connectivity index (χ1) is 13.0. The van der Waals surface area contributed by atoms with Crippen LogP contribution >= 0.6 is 0 Å². The van der Waals surface area contributed by atoms with Gasteiger partial charge in [0.1, 0.15) is 11.9 Å². The fourth-order valence-electron chi connectivity index (χ4n) is 2.86. The van der Waals surface area contributed by atoms with Crippen LogP contribution in [0.4, 0.5) is 9.18 Å². The minimum Gasteiger partial charge on any atom is -0.356 e. The number of carbonyl (C=O) groups is 3. The van der Waals surface area contributed by atoms with Crippen LogP contribution in [0.3, 0.4) is 0 Å². The SMILES string of the molecule is O=C(CCC1NC(=O)N(Cc2cccc(F)c2)C1=O)NCCc1cnc[nH]1. The molecule has 142 valence electrons. The molecule has 9 heteroatoms. The molecule has 0 saturated carbocycles. The summed E-state index contributed by atoms with van der Waals surface area (Å²) in [6, 6.07) is 4.46. The van der Waals surface area contributed by atoms with E-state index in [-0.39, 0.29) is 25.3 Å². The number of amides is 4. The van der Waals surface area contributed by atoms with Crippen molar-refractivity contribution in [2.45, 2.75) is 31.8 Å². The number of carbonyl (C=O) groups excluding carboxylic acids is 3. The molecule has 1 aliphatic rings. The zero-order valence-electron chi connectivity index (χ0n) is 14.6. The Kier molecular flexibility index (Phi) is 5.80. The van der Waals surface area contributed by atoms with Gasteiger partial charge in [0.25, 0.3) is 5.91 Å². The maximum absolute atomic E-state index is 13.3. The van der Waals surface area contributed by atoms with Gasteiger partial charge < -0.3 is 15.6 Å². The number of urea groups is 1. The van der Waals surface area contributed by atoms with Crippen molar-refractivity contribution >= 4 is 17.8 Å². The van der Waals surface area contributed by atoms with Gasteiger partial charge in [0.2, 0.25) is 5.91 Å². The molecule has 1 unspecified atom stereocenters. The van der Waals surface area contributed by atoms with Crippen molar-refractivity contribution in [1.29, 1.82) is 0 Å². The van der Waals surface area contributed by atoms with Gasteiger partial charge >= 0.3 is 6.03 Å². The summed E-state index contributed by atoms with van der Waals surface area (Å²) in [7, 11) is 0. The molecule has 27 heavy (non-hydrogen) atoms. The largest absolute Gasteiger partial charge is 0.356 e. The molecular weight excluding hydrogens is 353 g/mol. The number of imide groups is 1. The molecule has 2 aromatic rings. The van der Waals surface area contributed by atoms with Crippen LogP contribution in [-0.4, -0.2) is 45.3 Å². The lowest BCUT2D eigenvalue weighted by Crippen LogP contribution is -2.33. The van der Waals surface area contributed by atoms with E-state index >= 15 is 0 Å². The monoisotopic (exact) mass is 373 g/mol. The smallest absolute Gasteiger partial charge is 0.325 e. The van der Waals surface area contributed by atoms with E-state index in [1.165, 1.54) is 18.2 Å². The van der Waals surface area contributed by atoms with Crippen molar-refractivity contribution in [3.05, 3.63) is 53.9 Å². The van der Waals surface area contributed by atoms with E-state index in [0.29, 0.717) is 18.5 Å². The van der Waals surface area contributed by atoms with Crippen molar-refractivity contribution in [3.8, 4) is 0 Å². The molecular formula is C18H20FN5O3. The Balaban J connectivity index is 1.44. The lowest BCUT2D eigenvalue weighted by atomic mass is 10.1. The number of halogens is 1. The van der Waals surface area contributed by atoms with Gasteiger partial charge in [-0.1, -0.05) is 12.1 Å². The number of aromatic amines is 1. The molecule has 0 bridgehead atoms. The summed E-state index contributed by atoms with van der Waals surface area (Å²) in [5.74, 6) is -1.03. The van der Waals surface area contributed by atoms with Gasteiger partial charge in [0.15, 0.2) is 0 Å². The summed E-state index contributed by atoms with van der Waals surface area (Å²) in [4.78, 5) is 44.2. The van der Waals surface area contributed by atoms with E-state index in [1.807, 2.05) is 0 Å². The zero-order chi connectivity index (χ0) is 19.2. The Morgan fingerprint density at radius 3 is 2.93 bits per heavy atom. The molecule has 0 aliphatic carbocycles. The van der Waals surface area contributed by atoms with Crippen molar-refractivity contribution in [3.63, 3.8) is 0 Å². The first-order valence-electron chi connectivity index (χ1n) is 8.63. The van der Waals surface area contributed by atoms with Crippen LogP contribution in [-0.2, 0) is 22.6 Å². The third-order valence-electron chi connectivity index (χ3n) is 4.27. The van der Waals surface area contributed by atoms with E-state index < -0.39 is 23.8 Å². The van der Waals surface area contributed by atoms with Crippen LogP contribution in [0.15, 0.2) is 36.8 Å². The predicted octanol–water partition coefficient (Wildman–Crippen LogP) is 1.11. The molecule has 3 N–H and O–H groups in total. The van der Waals surface area contributed by atoms with Crippen molar-refractivity contribution in [2.75, 3.05) is 6.54 Å². The highest BCUT2D eigenvalue weighted by molar-refractivity contribution is 6.04. The summed E-state index contributed by atoms with van der Waals surface area (Å²) in [6.45, 7) is 0.451. The predicted molar refractivity (Wildman–Crippen MR) is 93.8 cm³/mol. The molecule has 1 aromatic heterocycles. The lowest BCUT2D eigenvalue weighted by Gasteiger charge is -2.13. The number of nitrogens with zero attached hydrogens (tertiary/aromatic N) is 2. The van der Waals surface area contributed by atoms with Crippen molar-refractivity contribution in [1.82, 2.24) is 25.5 Å². The van der Waals surface area contributed by atoms with Crippen LogP contribution in [0.25, 0.3) is 0 Å². The first kappa shape index (κ1) is 18.6. The molecule has 0 spiro atoms. The van der Waals surface area contributed by atoms with Gasteiger partial charge in [-0.05, 0) is 24.1 Å². The molecule has 0 radical (unpaired) electrons. The Morgan fingerprint density at radius 1 is 1.33 bits per heavy atom. The van der Waals surface area contributed by atoms with E-state index in [4.69, 9.17) is 0 Å². The van der Waals surface area contributed by atoms with Gasteiger partial charge in [-0.3, -0.25) is 14.5 Å². The highest BCUT2D eigenvalue weighted by atomic mass is 19.1. The Labute approximate surface area is 155 Å². The summed E-state index contributed by atoms with van der Waals surface area (Å²) in [5, 5.41) is 5.34. The Morgan fingerprint density at radius 2 is 2.19 bits per heavy atom. The number of nitrogens with one attached hydrogen (secondary N) is 3. The van der Waals surface area contributed by atoms with Crippen LogP contribution < -0.4 is 10.6 Å². The number of H-pyrrole nitrogens is 1. The van der Waals surface area contributed by atoms with Gasteiger partial charge in [-0.25, -0.2) is 14.2 Å². The highest BCUT2D eigenvalue weighted by Gasteiger charge is 2.37. The molecule has 3 rings (SSSR count). The average Bonchev–Trinajstić information content (AvgIpc) is 3.24. The summed E-state index contributed by atoms with van der Waals surface area (Å²) < 4.78 is 13.3. The summed E-state index contributed by atoms with van der Waals surface area (Å²) in [5.41, 5.74) is 1.44. The summed E-state index contributed by atoms with van der Waals surface area (Å²) >= 11 is 0. The normalized spacial score (nSPS) is 16.5. The maximum Gasteiger partial charge on any atom is 0.325 e. The molecule has 1 aromatic carbocycles. The summed E-state index contributed by atoms with van der Waals surface area (Å²) in [6.07, 6.45) is 4.22. The highest BCUT2D eigenvalue weighted by Crippen LogP contribution is 2.15. The van der Waals surface area contributed by atoms with Gasteiger partial charge in [0.05, 0.1) is 12.9 Å². The van der Waals surface area contributed by atoms with E-state index in [0.717, 1.165) is 10.6 Å². The Hall–Kier alpha value is -3.23. The van der Waals surface area contributed by atoms with E-state index in [9.17, 15) is 18.8 Å². The quantitative estimate of drug-likeness (QED) is 0.603. The van der Waals surface area contributed by atoms with Gasteiger partial charge in [-0.2, -0.15) is 0 Å². The molecule has 1 saturated heterocycles. The second kappa shape index (κ2) is 8.43. The van der Waals surface area contributed by atoms with Gasteiger partial charge in [-0.15, -0.1) is 0 Å². The first-order valence-corrected chi connectivity index (χ1v) is 8.63. The van der Waals surface area contributed by atoms with Gasteiger partial charge in [0, 0.05) is 31.3 Å². The topological polar surface area (TPSA) is 107 Å². The maximum atomic E-state index is 13.3. The van der Waals surface area contributed by atoms with Crippen molar-refractivity contribution < 1.29 is 18.8 Å². The number of hydrogen-bond acceptors (Lipinski definition) is 4. The molecule has 8 nitrogen and oxygen atoms in total. The number of aromatic nitrogens is 2. The minimum atomic E-state index is -0.746. The number of imidazole rings is 1. The Bertz CT molecular complexity index is 824. The molecule has 1 aliphatic heterocycles. The van der Waals surface area contributed by atoms with E-state index in [2.05, 4.69) is 20.6 Å². The van der Waals surface area contributed by atoms with E-state index in [1.54, 1.807) is 18.6 Å². The molecule has 1 atom stereocenters. The molecule has 2 heterocycles. The van der Waals surface area contributed by atoms with Crippen LogP contribution in [0.1, 0.15) is 24.1 Å². The van der Waals surface area contributed by atoms with Crippen LogP contribution in [0, 0.1) is 5.82 Å². The third-order valence-corrected chi connectivity index (χ3v) is 4.27. The average molecular weight is 373 g/mol. The molecule has 4 amide bonds. The molecule has 1 fully saturated rings. The van der Waals surface area contributed by atoms with Crippen molar-refractivity contribution in [2.24, 2.45) is 0 Å². The lowest BCUT2D eigenvalue weighted by molar-refractivity contribution is -0.128. The second-order valence-corrected chi connectivity index (χ2v) is 6.27. The number of benzene rings is 1. The minimum absolute atomic E-state index is 0.00466. The zero-order valence-corrected chi connectivity index (χ0v) is 14.6. The standard InChI is InChI=1S/C18H20FN5O3/c19-13-3-1-2-12(8-13)10-24-17(26)15(23-18(24)27)4-5-16(25)21-7-6-14-9-20-11-22-14/h1-3,8-9,11,15H,4-7,10H2,(H,20,22)(H,21,25)(H,23,27). The third kappa shape index (κ3) is 4.90. The number of hydrogen-bond donors (Lipinski definition) is 3. The fourth-order valence-corrected chi connectivity index (χ4v) is 2.86. The number of rotatable bonds is 8. The van der Waals surface area contributed by atoms with Crippen LogP contribution in [0.2, 0.25) is 0 Å². The fraction of sp³-hybridized carbons (Fsp3) is 0.333. The second-order valence-electron chi connectivity index (χ2n) is 6.27.